The topological polar surface area (TPSA) is 70.2 Å². The van der Waals surface area contributed by atoms with Crippen LogP contribution in [0.25, 0.3) is 0 Å². The highest BCUT2D eigenvalue weighted by Crippen LogP contribution is 2.24. The summed E-state index contributed by atoms with van der Waals surface area (Å²) in [5, 5.41) is 20.0. The maximum Gasteiger partial charge on any atom is 0.275 e. The Morgan fingerprint density at radius 1 is 1.61 bits per heavy atom. The summed E-state index contributed by atoms with van der Waals surface area (Å²) in [6.45, 7) is 2.79. The average molecular weight is 268 g/mol. The van der Waals surface area contributed by atoms with Crippen LogP contribution in [0.4, 0.5) is 5.69 Å². The Labute approximate surface area is 111 Å². The molecule has 0 aromatic heterocycles. The molecule has 0 N–H and O–H groups in total. The van der Waals surface area contributed by atoms with Crippen molar-refractivity contribution in [2.45, 2.75) is 13.5 Å². The fourth-order valence-corrected chi connectivity index (χ4v) is 1.87. The molecule has 18 heavy (non-hydrogen) atoms. The van der Waals surface area contributed by atoms with Crippen molar-refractivity contribution in [3.63, 3.8) is 0 Å². The Morgan fingerprint density at radius 3 is 2.83 bits per heavy atom. The molecule has 1 aromatic carbocycles. The van der Waals surface area contributed by atoms with Crippen LogP contribution in [0.2, 0.25) is 5.02 Å². The van der Waals surface area contributed by atoms with Gasteiger partial charge in [0.15, 0.2) is 0 Å². The van der Waals surface area contributed by atoms with E-state index >= 15 is 0 Å². The Kier molecular flexibility index (Phi) is 5.08. The van der Waals surface area contributed by atoms with Crippen LogP contribution in [-0.4, -0.2) is 23.4 Å². The molecule has 0 spiro atoms. The average Bonchev–Trinajstić information content (AvgIpc) is 2.30. The number of benzene rings is 1. The van der Waals surface area contributed by atoms with Gasteiger partial charge < -0.3 is 4.90 Å². The van der Waals surface area contributed by atoms with E-state index in [0.29, 0.717) is 23.7 Å². The number of nitro groups is 1. The molecule has 0 aliphatic heterocycles. The van der Waals surface area contributed by atoms with Gasteiger partial charge in [-0.3, -0.25) is 10.1 Å². The van der Waals surface area contributed by atoms with Crippen LogP contribution in [0, 0.1) is 27.4 Å². The first kappa shape index (κ1) is 14.4. The summed E-state index contributed by atoms with van der Waals surface area (Å²) >= 11 is 5.74. The second-order valence-corrected chi connectivity index (χ2v) is 4.69. The number of nitriles is 1. The standard InChI is InChI=1S/C12H14ClN3O2/c1-9(6-14)7-15(2)8-10-3-4-11(13)5-12(10)16(17)18/h3-5,9H,7-8H2,1-2H3. The van der Waals surface area contributed by atoms with E-state index in [0.717, 1.165) is 0 Å². The van der Waals surface area contributed by atoms with Gasteiger partial charge in [0.2, 0.25) is 0 Å². The summed E-state index contributed by atoms with van der Waals surface area (Å²) in [6.07, 6.45) is 0. The van der Waals surface area contributed by atoms with Gasteiger partial charge in [-0.1, -0.05) is 11.6 Å². The molecule has 1 unspecified atom stereocenters. The van der Waals surface area contributed by atoms with Gasteiger partial charge in [0.1, 0.15) is 0 Å². The molecular formula is C12H14ClN3O2. The van der Waals surface area contributed by atoms with Crippen molar-refractivity contribution < 1.29 is 4.92 Å². The molecule has 5 nitrogen and oxygen atoms in total. The lowest BCUT2D eigenvalue weighted by molar-refractivity contribution is -0.385. The van der Waals surface area contributed by atoms with Crippen molar-refractivity contribution in [2.75, 3.05) is 13.6 Å². The van der Waals surface area contributed by atoms with Crippen molar-refractivity contribution in [2.24, 2.45) is 5.92 Å². The molecule has 96 valence electrons. The maximum atomic E-state index is 10.9. The highest BCUT2D eigenvalue weighted by atomic mass is 35.5. The zero-order valence-corrected chi connectivity index (χ0v) is 11.0. The summed E-state index contributed by atoms with van der Waals surface area (Å²) in [5.41, 5.74) is 0.607. The highest BCUT2D eigenvalue weighted by Gasteiger charge is 2.16. The second-order valence-electron chi connectivity index (χ2n) is 4.26. The highest BCUT2D eigenvalue weighted by molar-refractivity contribution is 6.30. The number of nitrogens with zero attached hydrogens (tertiary/aromatic N) is 3. The van der Waals surface area contributed by atoms with E-state index in [2.05, 4.69) is 6.07 Å². The van der Waals surface area contributed by atoms with Gasteiger partial charge in [-0.2, -0.15) is 5.26 Å². The monoisotopic (exact) mass is 267 g/mol. The smallest absolute Gasteiger partial charge is 0.275 e. The Balaban J connectivity index is 2.84. The number of nitro benzene ring substituents is 1. The minimum absolute atomic E-state index is 0.0129. The van der Waals surface area contributed by atoms with E-state index in [9.17, 15) is 10.1 Å². The first-order valence-corrected chi connectivity index (χ1v) is 5.82. The molecule has 1 rings (SSSR count). The summed E-state index contributed by atoms with van der Waals surface area (Å²) in [4.78, 5) is 12.3. The van der Waals surface area contributed by atoms with E-state index < -0.39 is 4.92 Å². The van der Waals surface area contributed by atoms with Crippen molar-refractivity contribution >= 4 is 17.3 Å². The van der Waals surface area contributed by atoms with E-state index in [1.165, 1.54) is 6.07 Å². The normalized spacial score (nSPS) is 12.2. The third-order valence-electron chi connectivity index (χ3n) is 2.49. The van der Waals surface area contributed by atoms with Crippen molar-refractivity contribution in [1.82, 2.24) is 4.90 Å². The molecule has 1 atom stereocenters. The molecule has 1 aromatic rings. The fourth-order valence-electron chi connectivity index (χ4n) is 1.70. The third kappa shape index (κ3) is 3.99. The zero-order valence-electron chi connectivity index (χ0n) is 10.3. The van der Waals surface area contributed by atoms with Gasteiger partial charge in [0.25, 0.3) is 5.69 Å². The number of hydrogen-bond acceptors (Lipinski definition) is 4. The van der Waals surface area contributed by atoms with Crippen LogP contribution in [0.15, 0.2) is 18.2 Å². The van der Waals surface area contributed by atoms with Gasteiger partial charge in [-0.15, -0.1) is 0 Å². The van der Waals surface area contributed by atoms with Gasteiger partial charge in [0.05, 0.1) is 16.9 Å². The SMILES string of the molecule is CC(C#N)CN(C)Cc1ccc(Cl)cc1[N+](=O)[O-]. The molecule has 6 heteroatoms. The van der Waals surface area contributed by atoms with Gasteiger partial charge >= 0.3 is 0 Å². The fraction of sp³-hybridized carbons (Fsp3) is 0.417. The molecule has 0 saturated heterocycles. The Hall–Kier alpha value is -1.64. The lowest BCUT2D eigenvalue weighted by Gasteiger charge is -2.17. The Bertz CT molecular complexity index is 485. The van der Waals surface area contributed by atoms with Crippen LogP contribution < -0.4 is 0 Å². The van der Waals surface area contributed by atoms with Crippen molar-refractivity contribution in [1.29, 1.82) is 5.26 Å². The number of halogens is 1. The van der Waals surface area contributed by atoms with Crippen LogP contribution in [0.3, 0.4) is 0 Å². The summed E-state index contributed by atoms with van der Waals surface area (Å²) in [5.74, 6) is -0.110. The molecule has 0 fully saturated rings. The minimum atomic E-state index is -0.442. The van der Waals surface area contributed by atoms with E-state index in [4.69, 9.17) is 16.9 Å². The first-order chi connectivity index (χ1) is 8.43. The molecule has 0 bridgehead atoms. The van der Waals surface area contributed by atoms with Crippen molar-refractivity contribution in [3.8, 4) is 6.07 Å². The lowest BCUT2D eigenvalue weighted by atomic mass is 10.1. The number of rotatable bonds is 5. The third-order valence-corrected chi connectivity index (χ3v) is 2.73. The van der Waals surface area contributed by atoms with Crippen LogP contribution in [0.5, 0.6) is 0 Å². The predicted molar refractivity (Wildman–Crippen MR) is 69.2 cm³/mol. The molecule has 0 radical (unpaired) electrons. The van der Waals surface area contributed by atoms with E-state index in [-0.39, 0.29) is 11.6 Å². The Morgan fingerprint density at radius 2 is 2.28 bits per heavy atom. The quantitative estimate of drug-likeness (QED) is 0.607. The minimum Gasteiger partial charge on any atom is -0.301 e. The van der Waals surface area contributed by atoms with Crippen LogP contribution in [-0.2, 0) is 6.54 Å². The molecule has 0 heterocycles. The van der Waals surface area contributed by atoms with Crippen LogP contribution in [0.1, 0.15) is 12.5 Å². The van der Waals surface area contributed by atoms with Gasteiger partial charge in [-0.05, 0) is 26.1 Å². The van der Waals surface area contributed by atoms with Crippen LogP contribution >= 0.6 is 11.6 Å². The van der Waals surface area contributed by atoms with Gasteiger partial charge in [-0.25, -0.2) is 0 Å². The van der Waals surface area contributed by atoms with E-state index in [1.807, 2.05) is 18.9 Å². The lowest BCUT2D eigenvalue weighted by Crippen LogP contribution is -2.23. The zero-order chi connectivity index (χ0) is 13.7. The van der Waals surface area contributed by atoms with Crippen molar-refractivity contribution in [3.05, 3.63) is 38.9 Å². The van der Waals surface area contributed by atoms with E-state index in [1.54, 1.807) is 12.1 Å². The summed E-state index contributed by atoms with van der Waals surface area (Å²) < 4.78 is 0. The summed E-state index contributed by atoms with van der Waals surface area (Å²) in [7, 11) is 1.83. The molecule has 0 aliphatic carbocycles. The maximum absolute atomic E-state index is 10.9. The second kappa shape index (κ2) is 6.34. The molecule has 0 amide bonds. The molecule has 0 saturated carbocycles. The molecular weight excluding hydrogens is 254 g/mol. The van der Waals surface area contributed by atoms with Gasteiger partial charge in [0, 0.05) is 29.7 Å². The summed E-state index contributed by atoms with van der Waals surface area (Å²) in [6, 6.07) is 6.75. The number of hydrogen-bond donors (Lipinski definition) is 0. The largest absolute Gasteiger partial charge is 0.301 e. The predicted octanol–water partition coefficient (Wildman–Crippen LogP) is 2.84. The molecule has 0 aliphatic rings. The first-order valence-electron chi connectivity index (χ1n) is 5.45.